The Kier molecular flexibility index (Phi) is 3.64. The summed E-state index contributed by atoms with van der Waals surface area (Å²) in [5.74, 6) is 1.98. The van der Waals surface area contributed by atoms with Crippen molar-refractivity contribution < 1.29 is 0 Å². The van der Waals surface area contributed by atoms with Crippen molar-refractivity contribution in [3.05, 3.63) is 69.9 Å². The summed E-state index contributed by atoms with van der Waals surface area (Å²) in [5.41, 5.74) is 4.42. The molecule has 4 heteroatoms. The smallest absolute Gasteiger partial charge is 0.268 e. The zero-order valence-corrected chi connectivity index (χ0v) is 15.0. The topological polar surface area (TPSA) is 38.1 Å². The molecule has 1 aliphatic carbocycles. The van der Waals surface area contributed by atoms with E-state index < -0.39 is 0 Å². The Morgan fingerprint density at radius 3 is 2.44 bits per heavy atom. The van der Waals surface area contributed by atoms with Gasteiger partial charge >= 0.3 is 0 Å². The van der Waals surface area contributed by atoms with Gasteiger partial charge < -0.3 is 4.90 Å². The van der Waals surface area contributed by atoms with E-state index in [0.717, 1.165) is 47.0 Å². The first kappa shape index (κ1) is 15.9. The maximum absolute atomic E-state index is 13.5. The highest BCUT2D eigenvalue weighted by Gasteiger charge is 2.32. The first-order valence-corrected chi connectivity index (χ1v) is 8.84. The molecule has 0 N–H and O–H groups in total. The van der Waals surface area contributed by atoms with Crippen LogP contribution in [0.3, 0.4) is 0 Å². The molecular formula is C21H23N3O. The summed E-state index contributed by atoms with van der Waals surface area (Å²) in [4.78, 5) is 20.5. The van der Waals surface area contributed by atoms with Gasteiger partial charge in [0.25, 0.3) is 5.56 Å². The molecule has 1 aromatic heterocycles. The van der Waals surface area contributed by atoms with Crippen molar-refractivity contribution in [2.45, 2.75) is 39.0 Å². The van der Waals surface area contributed by atoms with E-state index in [0.29, 0.717) is 11.5 Å². The first-order valence-electron chi connectivity index (χ1n) is 8.84. The highest BCUT2D eigenvalue weighted by atomic mass is 16.1. The molecule has 1 fully saturated rings. The van der Waals surface area contributed by atoms with E-state index in [4.69, 9.17) is 4.98 Å². The fraction of sp³-hybridized carbons (Fsp3) is 0.333. The van der Waals surface area contributed by atoms with Crippen LogP contribution in [0.2, 0.25) is 0 Å². The molecular weight excluding hydrogens is 310 g/mol. The average Bonchev–Trinajstić information content (AvgIpc) is 2.57. The third kappa shape index (κ3) is 2.28. The maximum Gasteiger partial charge on any atom is 0.268 e. The largest absolute Gasteiger partial charge is 0.332 e. The molecule has 1 saturated carbocycles. The fourth-order valence-electron chi connectivity index (χ4n) is 3.62. The van der Waals surface area contributed by atoms with Crippen molar-refractivity contribution >= 4 is 11.4 Å². The zero-order valence-electron chi connectivity index (χ0n) is 15.0. The molecule has 1 aromatic carbocycles. The Morgan fingerprint density at radius 2 is 1.84 bits per heavy atom. The third-order valence-corrected chi connectivity index (χ3v) is 5.69. The van der Waals surface area contributed by atoms with Crippen LogP contribution in [-0.4, -0.2) is 16.6 Å². The molecule has 4 rings (SSSR count). The quantitative estimate of drug-likeness (QED) is 0.824. The zero-order chi connectivity index (χ0) is 17.7. The number of aromatic nitrogens is 2. The summed E-state index contributed by atoms with van der Waals surface area (Å²) >= 11 is 0. The van der Waals surface area contributed by atoms with E-state index in [1.165, 1.54) is 6.42 Å². The second kappa shape index (κ2) is 5.73. The van der Waals surface area contributed by atoms with Crippen LogP contribution in [-0.2, 0) is 0 Å². The van der Waals surface area contributed by atoms with Gasteiger partial charge in [-0.15, -0.1) is 0 Å². The molecule has 2 aliphatic rings. The van der Waals surface area contributed by atoms with Crippen LogP contribution < -0.4 is 10.5 Å². The Hall–Kier alpha value is -2.62. The van der Waals surface area contributed by atoms with Crippen LogP contribution >= 0.6 is 0 Å². The molecule has 0 bridgehead atoms. The van der Waals surface area contributed by atoms with Crippen molar-refractivity contribution in [2.24, 2.45) is 0 Å². The minimum Gasteiger partial charge on any atom is -0.332 e. The number of hydrogen-bond acceptors (Lipinski definition) is 3. The van der Waals surface area contributed by atoms with Crippen LogP contribution in [0.4, 0.5) is 5.82 Å². The standard InChI is InChI=1S/C21H23N3O/c1-13-14(2)18-20(23(4)15(13)3)22-19(16-9-8-10-16)24(21(18)25)17-11-6-5-7-12-17/h5-7,11-12,16H,2,8-10H2,1,3-4H3. The van der Waals surface area contributed by atoms with Crippen molar-refractivity contribution in [1.29, 1.82) is 0 Å². The lowest BCUT2D eigenvalue weighted by Gasteiger charge is -2.33. The molecule has 0 radical (unpaired) electrons. The number of nitrogens with zero attached hydrogens (tertiary/aromatic N) is 3. The number of fused-ring (bicyclic) bond motifs is 1. The number of anilines is 1. The molecule has 1 aliphatic heterocycles. The van der Waals surface area contributed by atoms with Crippen LogP contribution in [0, 0.1) is 0 Å². The van der Waals surface area contributed by atoms with Crippen molar-refractivity contribution in [2.75, 3.05) is 11.9 Å². The molecule has 0 atom stereocenters. The molecule has 2 heterocycles. The summed E-state index contributed by atoms with van der Waals surface area (Å²) in [6, 6.07) is 9.83. The van der Waals surface area contributed by atoms with Gasteiger partial charge in [-0.1, -0.05) is 31.2 Å². The fourth-order valence-corrected chi connectivity index (χ4v) is 3.62. The van der Waals surface area contributed by atoms with Crippen molar-refractivity contribution in [1.82, 2.24) is 9.55 Å². The van der Waals surface area contributed by atoms with E-state index >= 15 is 0 Å². The van der Waals surface area contributed by atoms with Gasteiger partial charge in [0.1, 0.15) is 11.6 Å². The van der Waals surface area contributed by atoms with Gasteiger partial charge in [0.2, 0.25) is 0 Å². The first-order chi connectivity index (χ1) is 12.0. The van der Waals surface area contributed by atoms with Crippen LogP contribution in [0.15, 0.2) is 53.0 Å². The number of benzene rings is 1. The molecule has 4 nitrogen and oxygen atoms in total. The normalized spacial score (nSPS) is 17.6. The van der Waals surface area contributed by atoms with Gasteiger partial charge in [-0.2, -0.15) is 0 Å². The predicted octanol–water partition coefficient (Wildman–Crippen LogP) is 4.26. The molecule has 0 saturated heterocycles. The van der Waals surface area contributed by atoms with Gasteiger partial charge in [0, 0.05) is 18.7 Å². The molecule has 2 aromatic rings. The minimum absolute atomic E-state index is 0.0122. The lowest BCUT2D eigenvalue weighted by atomic mass is 9.84. The number of allylic oxidation sites excluding steroid dienone is 3. The highest BCUT2D eigenvalue weighted by molar-refractivity contribution is 5.87. The highest BCUT2D eigenvalue weighted by Crippen LogP contribution is 2.40. The second-order valence-electron chi connectivity index (χ2n) is 7.02. The lowest BCUT2D eigenvalue weighted by molar-refractivity contribution is 0.393. The summed E-state index contributed by atoms with van der Waals surface area (Å²) in [5, 5.41) is 0. The van der Waals surface area contributed by atoms with Gasteiger partial charge in [0.15, 0.2) is 0 Å². The monoisotopic (exact) mass is 333 g/mol. The van der Waals surface area contributed by atoms with E-state index in [1.807, 2.05) is 49.2 Å². The predicted molar refractivity (Wildman–Crippen MR) is 102 cm³/mol. The summed E-state index contributed by atoms with van der Waals surface area (Å²) in [7, 11) is 1.98. The Balaban J connectivity index is 2.04. The van der Waals surface area contributed by atoms with Crippen molar-refractivity contribution in [3.8, 4) is 5.69 Å². The molecule has 25 heavy (non-hydrogen) atoms. The average molecular weight is 333 g/mol. The molecule has 128 valence electrons. The lowest BCUT2D eigenvalue weighted by Crippen LogP contribution is -2.35. The molecule has 0 amide bonds. The summed E-state index contributed by atoms with van der Waals surface area (Å²) in [6.07, 6.45) is 3.39. The van der Waals surface area contributed by atoms with Crippen LogP contribution in [0.1, 0.15) is 50.4 Å². The molecule has 0 unspecified atom stereocenters. The van der Waals surface area contributed by atoms with Gasteiger partial charge in [-0.25, -0.2) is 4.98 Å². The van der Waals surface area contributed by atoms with Gasteiger partial charge in [-0.05, 0) is 50.0 Å². The number of para-hydroxylation sites is 1. The Morgan fingerprint density at radius 1 is 1.16 bits per heavy atom. The maximum atomic E-state index is 13.5. The summed E-state index contributed by atoms with van der Waals surface area (Å²) < 4.78 is 1.80. The Labute approximate surface area is 148 Å². The summed E-state index contributed by atoms with van der Waals surface area (Å²) in [6.45, 7) is 8.26. The van der Waals surface area contributed by atoms with Crippen molar-refractivity contribution in [3.63, 3.8) is 0 Å². The van der Waals surface area contributed by atoms with Crippen LogP contribution in [0.5, 0.6) is 0 Å². The van der Waals surface area contributed by atoms with E-state index in [1.54, 1.807) is 4.57 Å². The SMILES string of the molecule is C=C1C(C)=C(C)N(C)c2nc(C3CCC3)n(-c3ccccc3)c(=O)c21. The second-order valence-corrected chi connectivity index (χ2v) is 7.02. The third-order valence-electron chi connectivity index (χ3n) is 5.69. The Bertz CT molecular complexity index is 949. The number of hydrogen-bond donors (Lipinski definition) is 0. The minimum atomic E-state index is -0.0122. The van der Waals surface area contributed by atoms with Gasteiger partial charge in [-0.3, -0.25) is 9.36 Å². The van der Waals surface area contributed by atoms with E-state index in [9.17, 15) is 4.79 Å². The molecule has 0 spiro atoms. The van der Waals surface area contributed by atoms with E-state index in [-0.39, 0.29) is 5.56 Å². The van der Waals surface area contributed by atoms with Gasteiger partial charge in [0.05, 0.1) is 11.3 Å². The van der Waals surface area contributed by atoms with Crippen LogP contribution in [0.25, 0.3) is 11.3 Å². The number of rotatable bonds is 2. The van der Waals surface area contributed by atoms with E-state index in [2.05, 4.69) is 13.5 Å².